The molecule has 3 heteroatoms. The minimum Gasteiger partial charge on any atom is -0.393 e. The molecule has 2 N–H and O–H groups in total. The van der Waals surface area contributed by atoms with Crippen LogP contribution < -0.4 is 5.32 Å². The average Bonchev–Trinajstić information content (AvgIpc) is 2.38. The first kappa shape index (κ1) is 12.5. The predicted octanol–water partition coefficient (Wildman–Crippen LogP) is 2.04. The number of hydrogen-bond donors (Lipinski definition) is 2. The van der Waals surface area contributed by atoms with Gasteiger partial charge in [-0.2, -0.15) is 0 Å². The second kappa shape index (κ2) is 6.12. The first-order valence-corrected chi connectivity index (χ1v) is 6.63. The van der Waals surface area contributed by atoms with Crippen LogP contribution in [0.2, 0.25) is 0 Å². The monoisotopic (exact) mass is 234 g/mol. The van der Waals surface area contributed by atoms with E-state index in [-0.39, 0.29) is 6.10 Å². The van der Waals surface area contributed by atoms with E-state index in [1.807, 2.05) is 12.3 Å². The Kier molecular flexibility index (Phi) is 4.51. The molecule has 0 amide bonds. The van der Waals surface area contributed by atoms with Crippen molar-refractivity contribution in [3.05, 3.63) is 29.6 Å². The van der Waals surface area contributed by atoms with Crippen molar-refractivity contribution in [3.8, 4) is 0 Å². The average molecular weight is 234 g/mol. The van der Waals surface area contributed by atoms with Crippen LogP contribution in [-0.2, 0) is 13.0 Å². The standard InChI is InChI=1S/C14H22N2O/c1-2-11-4-3-9-15-14(11)10-16-12-5-7-13(17)8-6-12/h3-4,9,12-13,16-17H,2,5-8,10H2,1H3. The third-order valence-electron chi connectivity index (χ3n) is 3.62. The number of nitrogens with one attached hydrogen (secondary N) is 1. The third-order valence-corrected chi connectivity index (χ3v) is 3.62. The van der Waals surface area contributed by atoms with E-state index in [1.54, 1.807) is 0 Å². The summed E-state index contributed by atoms with van der Waals surface area (Å²) < 4.78 is 0. The van der Waals surface area contributed by atoms with Crippen LogP contribution in [0.1, 0.15) is 43.9 Å². The zero-order chi connectivity index (χ0) is 12.1. The molecule has 17 heavy (non-hydrogen) atoms. The first-order valence-electron chi connectivity index (χ1n) is 6.63. The van der Waals surface area contributed by atoms with Gasteiger partial charge in [0.2, 0.25) is 0 Å². The van der Waals surface area contributed by atoms with E-state index in [4.69, 9.17) is 0 Å². The molecule has 0 aliphatic heterocycles. The molecule has 94 valence electrons. The Hall–Kier alpha value is -0.930. The molecule has 1 aliphatic carbocycles. The van der Waals surface area contributed by atoms with Crippen LogP contribution in [0.3, 0.4) is 0 Å². The largest absolute Gasteiger partial charge is 0.393 e. The summed E-state index contributed by atoms with van der Waals surface area (Å²) in [5.41, 5.74) is 2.50. The summed E-state index contributed by atoms with van der Waals surface area (Å²) in [6.45, 7) is 3.02. The topological polar surface area (TPSA) is 45.2 Å². The number of nitrogens with zero attached hydrogens (tertiary/aromatic N) is 1. The number of aliphatic hydroxyl groups excluding tert-OH is 1. The molecular formula is C14H22N2O. The SMILES string of the molecule is CCc1cccnc1CNC1CCC(O)CC1. The normalized spacial score (nSPS) is 24.8. The Morgan fingerprint density at radius 1 is 1.35 bits per heavy atom. The van der Waals surface area contributed by atoms with Crippen LogP contribution in [0.4, 0.5) is 0 Å². The van der Waals surface area contributed by atoms with E-state index < -0.39 is 0 Å². The van der Waals surface area contributed by atoms with E-state index in [9.17, 15) is 5.11 Å². The number of pyridine rings is 1. The second-order valence-corrected chi connectivity index (χ2v) is 4.85. The molecule has 1 aliphatic rings. The molecule has 0 atom stereocenters. The minimum absolute atomic E-state index is 0.0749. The van der Waals surface area contributed by atoms with E-state index in [0.717, 1.165) is 38.6 Å². The Bertz CT molecular complexity index is 346. The number of hydrogen-bond acceptors (Lipinski definition) is 3. The molecule has 3 nitrogen and oxygen atoms in total. The second-order valence-electron chi connectivity index (χ2n) is 4.85. The van der Waals surface area contributed by atoms with E-state index in [0.29, 0.717) is 6.04 Å². The molecular weight excluding hydrogens is 212 g/mol. The van der Waals surface area contributed by atoms with Crippen molar-refractivity contribution in [1.29, 1.82) is 0 Å². The van der Waals surface area contributed by atoms with Gasteiger partial charge in [0.05, 0.1) is 11.8 Å². The van der Waals surface area contributed by atoms with Crippen LogP contribution in [0, 0.1) is 0 Å². The zero-order valence-corrected chi connectivity index (χ0v) is 10.5. The number of aliphatic hydroxyl groups is 1. The predicted molar refractivity (Wildman–Crippen MR) is 68.7 cm³/mol. The summed E-state index contributed by atoms with van der Waals surface area (Å²) in [7, 11) is 0. The van der Waals surface area contributed by atoms with Gasteiger partial charge in [0.15, 0.2) is 0 Å². The van der Waals surface area contributed by atoms with Gasteiger partial charge in [0, 0.05) is 18.8 Å². The lowest BCUT2D eigenvalue weighted by atomic mass is 9.93. The summed E-state index contributed by atoms with van der Waals surface area (Å²) in [5.74, 6) is 0. The summed E-state index contributed by atoms with van der Waals surface area (Å²) >= 11 is 0. The Labute approximate surface area is 103 Å². The number of rotatable bonds is 4. The molecule has 0 spiro atoms. The number of aromatic nitrogens is 1. The Balaban J connectivity index is 1.85. The highest BCUT2D eigenvalue weighted by Crippen LogP contribution is 2.18. The van der Waals surface area contributed by atoms with E-state index >= 15 is 0 Å². The van der Waals surface area contributed by atoms with Crippen molar-refractivity contribution in [2.24, 2.45) is 0 Å². The van der Waals surface area contributed by atoms with Crippen molar-refractivity contribution in [2.45, 2.75) is 57.7 Å². The lowest BCUT2D eigenvalue weighted by Crippen LogP contribution is -2.34. The van der Waals surface area contributed by atoms with Gasteiger partial charge in [-0.15, -0.1) is 0 Å². The molecule has 1 fully saturated rings. The highest BCUT2D eigenvalue weighted by Gasteiger charge is 2.18. The van der Waals surface area contributed by atoms with Crippen molar-refractivity contribution in [2.75, 3.05) is 0 Å². The van der Waals surface area contributed by atoms with Gasteiger partial charge in [-0.1, -0.05) is 13.0 Å². The van der Waals surface area contributed by atoms with Crippen molar-refractivity contribution in [3.63, 3.8) is 0 Å². The minimum atomic E-state index is -0.0749. The molecule has 1 aromatic rings. The smallest absolute Gasteiger partial charge is 0.0573 e. The first-order chi connectivity index (χ1) is 8.29. The number of aryl methyl sites for hydroxylation is 1. The summed E-state index contributed by atoms with van der Waals surface area (Å²) in [5, 5.41) is 13.0. The van der Waals surface area contributed by atoms with Crippen LogP contribution >= 0.6 is 0 Å². The molecule has 1 heterocycles. The van der Waals surface area contributed by atoms with Gasteiger partial charge in [0.25, 0.3) is 0 Å². The maximum absolute atomic E-state index is 9.45. The van der Waals surface area contributed by atoms with E-state index in [1.165, 1.54) is 11.3 Å². The maximum atomic E-state index is 9.45. The molecule has 1 saturated carbocycles. The highest BCUT2D eigenvalue weighted by atomic mass is 16.3. The lowest BCUT2D eigenvalue weighted by molar-refractivity contribution is 0.116. The summed E-state index contributed by atoms with van der Waals surface area (Å²) in [4.78, 5) is 4.44. The van der Waals surface area contributed by atoms with Crippen LogP contribution in [-0.4, -0.2) is 22.2 Å². The Morgan fingerprint density at radius 3 is 2.82 bits per heavy atom. The van der Waals surface area contributed by atoms with Gasteiger partial charge >= 0.3 is 0 Å². The Morgan fingerprint density at radius 2 is 2.12 bits per heavy atom. The molecule has 0 unspecified atom stereocenters. The maximum Gasteiger partial charge on any atom is 0.0573 e. The van der Waals surface area contributed by atoms with Gasteiger partial charge in [0.1, 0.15) is 0 Å². The highest BCUT2D eigenvalue weighted by molar-refractivity contribution is 5.19. The fourth-order valence-electron chi connectivity index (χ4n) is 2.47. The van der Waals surface area contributed by atoms with E-state index in [2.05, 4.69) is 23.3 Å². The van der Waals surface area contributed by atoms with Gasteiger partial charge in [-0.25, -0.2) is 0 Å². The van der Waals surface area contributed by atoms with Crippen LogP contribution in [0.25, 0.3) is 0 Å². The van der Waals surface area contributed by atoms with Crippen LogP contribution in [0.15, 0.2) is 18.3 Å². The molecule has 1 aromatic heterocycles. The van der Waals surface area contributed by atoms with Gasteiger partial charge < -0.3 is 10.4 Å². The molecule has 0 aromatic carbocycles. The van der Waals surface area contributed by atoms with Crippen molar-refractivity contribution < 1.29 is 5.11 Å². The quantitative estimate of drug-likeness (QED) is 0.838. The fourth-order valence-corrected chi connectivity index (χ4v) is 2.47. The summed E-state index contributed by atoms with van der Waals surface area (Å²) in [6.07, 6.45) is 6.84. The third kappa shape index (κ3) is 3.51. The van der Waals surface area contributed by atoms with Crippen LogP contribution in [0.5, 0.6) is 0 Å². The molecule has 0 saturated heterocycles. The molecule has 2 rings (SSSR count). The molecule has 0 radical (unpaired) electrons. The zero-order valence-electron chi connectivity index (χ0n) is 10.5. The van der Waals surface area contributed by atoms with Crippen molar-refractivity contribution in [1.82, 2.24) is 10.3 Å². The lowest BCUT2D eigenvalue weighted by Gasteiger charge is -2.26. The molecule has 0 bridgehead atoms. The summed E-state index contributed by atoms with van der Waals surface area (Å²) in [6, 6.07) is 4.69. The van der Waals surface area contributed by atoms with Crippen molar-refractivity contribution >= 4 is 0 Å². The van der Waals surface area contributed by atoms with Gasteiger partial charge in [-0.05, 0) is 43.7 Å². The van der Waals surface area contributed by atoms with Gasteiger partial charge in [-0.3, -0.25) is 4.98 Å². The fraction of sp³-hybridized carbons (Fsp3) is 0.643.